The predicted octanol–water partition coefficient (Wildman–Crippen LogP) is 3.98. The summed E-state index contributed by atoms with van der Waals surface area (Å²) in [5, 5.41) is 2.79. The largest absolute Gasteiger partial charge is 0.484 e. The number of ether oxygens (including phenoxy) is 1. The van der Waals surface area contributed by atoms with E-state index in [1.54, 1.807) is 4.90 Å². The minimum absolute atomic E-state index is 0.0151. The fraction of sp³-hybridized carbons (Fsp3) is 0.200. The molecule has 0 aromatic heterocycles. The van der Waals surface area contributed by atoms with E-state index in [1.165, 1.54) is 0 Å². The lowest BCUT2D eigenvalue weighted by atomic mass is 10.1. The molecule has 30 heavy (non-hydrogen) atoms. The van der Waals surface area contributed by atoms with Crippen LogP contribution < -0.4 is 15.0 Å². The summed E-state index contributed by atoms with van der Waals surface area (Å²) in [5.41, 5.74) is 2.69. The molecule has 0 fully saturated rings. The highest BCUT2D eigenvalue weighted by molar-refractivity contribution is 5.94. The molecule has 2 amide bonds. The first kappa shape index (κ1) is 21.1. The number of nitrogens with zero attached hydrogens (tertiary/aromatic N) is 1. The van der Waals surface area contributed by atoms with Crippen LogP contribution in [0.25, 0.3) is 0 Å². The highest BCUT2D eigenvalue weighted by Gasteiger charge is 2.17. The van der Waals surface area contributed by atoms with Crippen LogP contribution in [0.1, 0.15) is 18.1 Å². The Morgan fingerprint density at radius 3 is 2.10 bits per heavy atom. The van der Waals surface area contributed by atoms with Gasteiger partial charge in [-0.3, -0.25) is 9.59 Å². The molecule has 5 nitrogen and oxygen atoms in total. The zero-order valence-corrected chi connectivity index (χ0v) is 17.1. The number of para-hydroxylation sites is 1. The van der Waals surface area contributed by atoms with E-state index < -0.39 is 0 Å². The summed E-state index contributed by atoms with van der Waals surface area (Å²) in [6.45, 7) is 2.88. The number of hydrogen-bond acceptors (Lipinski definition) is 3. The van der Waals surface area contributed by atoms with Crippen LogP contribution in [0.5, 0.6) is 5.75 Å². The monoisotopic (exact) mass is 402 g/mol. The van der Waals surface area contributed by atoms with E-state index >= 15 is 0 Å². The summed E-state index contributed by atoms with van der Waals surface area (Å²) in [7, 11) is 0. The van der Waals surface area contributed by atoms with Gasteiger partial charge in [-0.2, -0.15) is 0 Å². The second-order valence-corrected chi connectivity index (χ2v) is 6.86. The normalized spacial score (nSPS) is 10.3. The SMILES string of the molecule is CCNC(=O)Cc1ccc(N(Cc2ccccc2)C(=O)COc2ccccc2)cc1. The van der Waals surface area contributed by atoms with E-state index in [0.717, 1.165) is 16.8 Å². The molecule has 5 heteroatoms. The van der Waals surface area contributed by atoms with Crippen molar-refractivity contribution in [2.45, 2.75) is 19.9 Å². The first-order valence-electron chi connectivity index (χ1n) is 10.0. The van der Waals surface area contributed by atoms with Gasteiger partial charge >= 0.3 is 0 Å². The molecule has 0 aliphatic heterocycles. The second kappa shape index (κ2) is 10.8. The zero-order valence-electron chi connectivity index (χ0n) is 17.1. The summed E-state index contributed by atoms with van der Waals surface area (Å²) in [6, 6.07) is 26.6. The molecule has 0 unspecified atom stereocenters. The Balaban J connectivity index is 1.74. The van der Waals surface area contributed by atoms with Gasteiger partial charge in [-0.15, -0.1) is 0 Å². The average molecular weight is 402 g/mol. The third-order valence-corrected chi connectivity index (χ3v) is 4.58. The Morgan fingerprint density at radius 1 is 0.833 bits per heavy atom. The van der Waals surface area contributed by atoms with Gasteiger partial charge in [0.05, 0.1) is 13.0 Å². The van der Waals surface area contributed by atoms with Gasteiger partial charge < -0.3 is 15.0 Å². The molecule has 0 saturated carbocycles. The van der Waals surface area contributed by atoms with Crippen molar-refractivity contribution < 1.29 is 14.3 Å². The van der Waals surface area contributed by atoms with Crippen molar-refractivity contribution in [2.24, 2.45) is 0 Å². The molecule has 0 radical (unpaired) electrons. The van der Waals surface area contributed by atoms with Crippen molar-refractivity contribution in [3.8, 4) is 5.75 Å². The van der Waals surface area contributed by atoms with Crippen molar-refractivity contribution in [1.82, 2.24) is 5.32 Å². The van der Waals surface area contributed by atoms with Crippen LogP contribution in [0.3, 0.4) is 0 Å². The maximum atomic E-state index is 13.0. The average Bonchev–Trinajstić information content (AvgIpc) is 2.78. The molecule has 0 aliphatic rings. The molecule has 0 heterocycles. The van der Waals surface area contributed by atoms with Crippen molar-refractivity contribution in [1.29, 1.82) is 0 Å². The number of rotatable bonds is 9. The molecule has 0 bridgehead atoms. The minimum Gasteiger partial charge on any atom is -0.484 e. The summed E-state index contributed by atoms with van der Waals surface area (Å²) < 4.78 is 5.67. The molecule has 0 aliphatic carbocycles. The standard InChI is InChI=1S/C25H26N2O3/c1-2-26-24(28)17-20-13-15-22(16-14-20)27(18-21-9-5-3-6-10-21)25(29)19-30-23-11-7-4-8-12-23/h3-16H,2,17-19H2,1H3,(H,26,28). The highest BCUT2D eigenvalue weighted by atomic mass is 16.5. The smallest absolute Gasteiger partial charge is 0.265 e. The molecule has 154 valence electrons. The fourth-order valence-electron chi connectivity index (χ4n) is 3.07. The van der Waals surface area contributed by atoms with Gasteiger partial charge in [0.2, 0.25) is 5.91 Å². The molecule has 0 saturated heterocycles. The first-order chi connectivity index (χ1) is 14.7. The number of carbonyl (C=O) groups is 2. The number of nitrogens with one attached hydrogen (secondary N) is 1. The van der Waals surface area contributed by atoms with E-state index in [0.29, 0.717) is 25.3 Å². The summed E-state index contributed by atoms with van der Waals surface area (Å²) in [5.74, 6) is 0.501. The summed E-state index contributed by atoms with van der Waals surface area (Å²) in [4.78, 5) is 26.5. The van der Waals surface area contributed by atoms with Crippen LogP contribution in [-0.2, 0) is 22.6 Å². The zero-order chi connectivity index (χ0) is 21.2. The molecule has 3 rings (SSSR count). The van der Waals surface area contributed by atoms with Crippen LogP contribution in [0.2, 0.25) is 0 Å². The van der Waals surface area contributed by atoms with Gasteiger partial charge in [0.25, 0.3) is 5.91 Å². The molecule has 0 spiro atoms. The molecular formula is C25H26N2O3. The van der Waals surface area contributed by atoms with Crippen LogP contribution in [0.4, 0.5) is 5.69 Å². The van der Waals surface area contributed by atoms with Gasteiger partial charge in [-0.1, -0.05) is 60.7 Å². The molecule has 1 N–H and O–H groups in total. The van der Waals surface area contributed by atoms with E-state index in [9.17, 15) is 9.59 Å². The highest BCUT2D eigenvalue weighted by Crippen LogP contribution is 2.20. The third-order valence-electron chi connectivity index (χ3n) is 4.58. The maximum absolute atomic E-state index is 13.0. The Kier molecular flexibility index (Phi) is 7.61. The Hall–Kier alpha value is -3.60. The second-order valence-electron chi connectivity index (χ2n) is 6.86. The minimum atomic E-state index is -0.140. The quantitative estimate of drug-likeness (QED) is 0.589. The van der Waals surface area contributed by atoms with E-state index in [2.05, 4.69) is 5.32 Å². The van der Waals surface area contributed by atoms with Crippen LogP contribution in [-0.4, -0.2) is 25.0 Å². The van der Waals surface area contributed by atoms with E-state index in [-0.39, 0.29) is 18.4 Å². The molecule has 3 aromatic carbocycles. The Bertz CT molecular complexity index is 941. The van der Waals surface area contributed by atoms with E-state index in [1.807, 2.05) is 91.9 Å². The number of amides is 2. The van der Waals surface area contributed by atoms with Gasteiger partial charge in [0.15, 0.2) is 6.61 Å². The lowest BCUT2D eigenvalue weighted by molar-refractivity contribution is -0.121. The number of likely N-dealkylation sites (N-methyl/N-ethyl adjacent to an activating group) is 1. The first-order valence-corrected chi connectivity index (χ1v) is 10.0. The van der Waals surface area contributed by atoms with E-state index in [4.69, 9.17) is 4.74 Å². The number of hydrogen-bond donors (Lipinski definition) is 1. The topological polar surface area (TPSA) is 58.6 Å². The molecule has 0 atom stereocenters. The Morgan fingerprint density at radius 2 is 1.47 bits per heavy atom. The van der Waals surface area contributed by atoms with Crippen LogP contribution >= 0.6 is 0 Å². The summed E-state index contributed by atoms with van der Waals surface area (Å²) >= 11 is 0. The van der Waals surface area contributed by atoms with Crippen LogP contribution in [0, 0.1) is 0 Å². The molecule has 3 aromatic rings. The van der Waals surface area contributed by atoms with Gasteiger partial charge in [-0.25, -0.2) is 0 Å². The lowest BCUT2D eigenvalue weighted by Gasteiger charge is -2.23. The number of anilines is 1. The van der Waals surface area contributed by atoms with Gasteiger partial charge in [0.1, 0.15) is 5.75 Å². The fourth-order valence-corrected chi connectivity index (χ4v) is 3.07. The Labute approximate surface area is 177 Å². The van der Waals surface area contributed by atoms with Gasteiger partial charge in [0, 0.05) is 12.2 Å². The predicted molar refractivity (Wildman–Crippen MR) is 118 cm³/mol. The van der Waals surface area contributed by atoms with Crippen molar-refractivity contribution >= 4 is 17.5 Å². The third kappa shape index (κ3) is 6.21. The lowest BCUT2D eigenvalue weighted by Crippen LogP contribution is -2.34. The number of carbonyl (C=O) groups excluding carboxylic acids is 2. The maximum Gasteiger partial charge on any atom is 0.265 e. The summed E-state index contributed by atoms with van der Waals surface area (Å²) in [6.07, 6.45) is 0.317. The van der Waals surface area contributed by atoms with Crippen molar-refractivity contribution in [2.75, 3.05) is 18.1 Å². The number of benzene rings is 3. The van der Waals surface area contributed by atoms with Crippen molar-refractivity contribution in [3.05, 3.63) is 96.1 Å². The van der Waals surface area contributed by atoms with Gasteiger partial charge in [-0.05, 0) is 42.3 Å². The van der Waals surface area contributed by atoms with Crippen molar-refractivity contribution in [3.63, 3.8) is 0 Å². The van der Waals surface area contributed by atoms with Crippen LogP contribution in [0.15, 0.2) is 84.9 Å². The molecular weight excluding hydrogens is 376 g/mol.